The second-order valence-corrected chi connectivity index (χ2v) is 6.88. The molecule has 0 bridgehead atoms. The molecule has 1 aromatic rings. The molecule has 0 aliphatic carbocycles. The van der Waals surface area contributed by atoms with Crippen molar-refractivity contribution in [3.8, 4) is 0 Å². The lowest BCUT2D eigenvalue weighted by Gasteiger charge is -2.24. The SMILES string of the molecule is O=C(NCCc1ccc(F)cc1)N1CCCN(C[C@H]2CCCO2)CC1. The lowest BCUT2D eigenvalue weighted by atomic mass is 10.1. The van der Waals surface area contributed by atoms with Crippen LogP contribution < -0.4 is 5.32 Å². The van der Waals surface area contributed by atoms with Crippen LogP contribution in [-0.4, -0.2) is 67.8 Å². The van der Waals surface area contributed by atoms with E-state index in [2.05, 4.69) is 10.2 Å². The second kappa shape index (κ2) is 9.15. The Kier molecular flexibility index (Phi) is 6.64. The Labute approximate surface area is 149 Å². The van der Waals surface area contributed by atoms with Gasteiger partial charge in [-0.15, -0.1) is 0 Å². The maximum absolute atomic E-state index is 12.9. The standard InChI is InChI=1S/C19H28FN3O2/c20-17-6-4-16(5-7-17)8-9-21-19(24)23-11-2-10-22(12-13-23)15-18-3-1-14-25-18/h4-7,18H,1-3,8-15H2,(H,21,24)/t18-/m1/s1. The van der Waals surface area contributed by atoms with Crippen molar-refractivity contribution in [3.05, 3.63) is 35.6 Å². The average Bonchev–Trinajstić information content (AvgIpc) is 3.01. The normalized spacial score (nSPS) is 22.0. The summed E-state index contributed by atoms with van der Waals surface area (Å²) in [5, 5.41) is 2.98. The predicted octanol–water partition coefficient (Wildman–Crippen LogP) is 2.26. The fourth-order valence-corrected chi connectivity index (χ4v) is 3.51. The maximum atomic E-state index is 12.9. The first-order chi connectivity index (χ1) is 12.2. The molecule has 2 aliphatic rings. The number of hydrogen-bond acceptors (Lipinski definition) is 3. The fourth-order valence-electron chi connectivity index (χ4n) is 3.51. The Morgan fingerprint density at radius 3 is 2.76 bits per heavy atom. The number of hydrogen-bond donors (Lipinski definition) is 1. The molecule has 1 aromatic carbocycles. The van der Waals surface area contributed by atoms with Gasteiger partial charge in [-0.3, -0.25) is 4.90 Å². The van der Waals surface area contributed by atoms with Crippen molar-refractivity contribution in [2.75, 3.05) is 45.9 Å². The zero-order chi connectivity index (χ0) is 17.5. The van der Waals surface area contributed by atoms with E-state index in [-0.39, 0.29) is 11.8 Å². The van der Waals surface area contributed by atoms with Crippen LogP contribution in [-0.2, 0) is 11.2 Å². The summed E-state index contributed by atoms with van der Waals surface area (Å²) >= 11 is 0. The first kappa shape index (κ1) is 18.1. The third-order valence-electron chi connectivity index (χ3n) is 4.96. The van der Waals surface area contributed by atoms with Crippen molar-refractivity contribution in [2.45, 2.75) is 31.8 Å². The molecule has 0 spiro atoms. The molecule has 1 N–H and O–H groups in total. The van der Waals surface area contributed by atoms with E-state index in [1.165, 1.54) is 18.6 Å². The number of carbonyl (C=O) groups excluding carboxylic acids is 1. The summed E-state index contributed by atoms with van der Waals surface area (Å²) in [6.07, 6.45) is 4.41. The molecule has 0 unspecified atom stereocenters. The van der Waals surface area contributed by atoms with Crippen molar-refractivity contribution in [1.82, 2.24) is 15.1 Å². The van der Waals surface area contributed by atoms with Gasteiger partial charge in [0.1, 0.15) is 5.82 Å². The van der Waals surface area contributed by atoms with Crippen LogP contribution in [0.15, 0.2) is 24.3 Å². The third kappa shape index (κ3) is 5.68. The van der Waals surface area contributed by atoms with Gasteiger partial charge in [-0.25, -0.2) is 9.18 Å². The largest absolute Gasteiger partial charge is 0.377 e. The van der Waals surface area contributed by atoms with Crippen LogP contribution in [0.4, 0.5) is 9.18 Å². The predicted molar refractivity (Wildman–Crippen MR) is 95.1 cm³/mol. The second-order valence-electron chi connectivity index (χ2n) is 6.88. The fraction of sp³-hybridized carbons (Fsp3) is 0.632. The number of nitrogens with one attached hydrogen (secondary N) is 1. The molecule has 0 saturated carbocycles. The van der Waals surface area contributed by atoms with Crippen molar-refractivity contribution in [1.29, 1.82) is 0 Å². The first-order valence-electron chi connectivity index (χ1n) is 9.32. The Balaban J connectivity index is 1.37. The van der Waals surface area contributed by atoms with Crippen molar-refractivity contribution < 1.29 is 13.9 Å². The van der Waals surface area contributed by atoms with Crippen molar-refractivity contribution in [3.63, 3.8) is 0 Å². The Morgan fingerprint density at radius 2 is 2.00 bits per heavy atom. The van der Waals surface area contributed by atoms with Gasteiger partial charge in [0.05, 0.1) is 6.10 Å². The Hall–Kier alpha value is -1.66. The molecule has 2 fully saturated rings. The molecular weight excluding hydrogens is 321 g/mol. The molecule has 138 valence electrons. The van der Waals surface area contributed by atoms with E-state index in [1.54, 1.807) is 12.1 Å². The number of urea groups is 1. The molecule has 0 aromatic heterocycles. The summed E-state index contributed by atoms with van der Waals surface area (Å²) in [6, 6.07) is 6.43. The van der Waals surface area contributed by atoms with Gasteiger partial charge in [0.15, 0.2) is 0 Å². The number of amides is 2. The number of nitrogens with zero attached hydrogens (tertiary/aromatic N) is 2. The van der Waals surface area contributed by atoms with Gasteiger partial charge in [-0.1, -0.05) is 12.1 Å². The minimum atomic E-state index is -0.232. The average molecular weight is 349 g/mol. The van der Waals surface area contributed by atoms with Crippen LogP contribution in [0, 0.1) is 5.82 Å². The van der Waals surface area contributed by atoms with Crippen LogP contribution in [0.3, 0.4) is 0 Å². The number of ether oxygens (including phenoxy) is 1. The van der Waals surface area contributed by atoms with Gasteiger partial charge >= 0.3 is 6.03 Å². The molecule has 25 heavy (non-hydrogen) atoms. The number of benzene rings is 1. The monoisotopic (exact) mass is 349 g/mol. The summed E-state index contributed by atoms with van der Waals surface area (Å²) in [5.41, 5.74) is 1.03. The van der Waals surface area contributed by atoms with Crippen LogP contribution in [0.5, 0.6) is 0 Å². The van der Waals surface area contributed by atoms with Crippen LogP contribution in [0.2, 0.25) is 0 Å². The highest BCUT2D eigenvalue weighted by Crippen LogP contribution is 2.14. The summed E-state index contributed by atoms with van der Waals surface area (Å²) in [5.74, 6) is -0.232. The molecule has 2 heterocycles. The first-order valence-corrected chi connectivity index (χ1v) is 9.32. The van der Waals surface area contributed by atoms with Gasteiger partial charge in [0.25, 0.3) is 0 Å². The van der Waals surface area contributed by atoms with Gasteiger partial charge < -0.3 is 15.0 Å². The van der Waals surface area contributed by atoms with E-state index in [9.17, 15) is 9.18 Å². The quantitative estimate of drug-likeness (QED) is 0.887. The molecule has 2 aliphatic heterocycles. The molecule has 1 atom stereocenters. The summed E-state index contributed by atoms with van der Waals surface area (Å²) in [4.78, 5) is 16.7. The van der Waals surface area contributed by atoms with Gasteiger partial charge in [-0.2, -0.15) is 0 Å². The van der Waals surface area contributed by atoms with E-state index in [0.29, 0.717) is 19.1 Å². The Bertz CT molecular complexity index is 546. The summed E-state index contributed by atoms with van der Waals surface area (Å²) in [6.45, 7) is 5.94. The summed E-state index contributed by atoms with van der Waals surface area (Å²) in [7, 11) is 0. The van der Waals surface area contributed by atoms with Crippen LogP contribution >= 0.6 is 0 Å². The molecule has 0 radical (unpaired) electrons. The van der Waals surface area contributed by atoms with Gasteiger partial charge in [0.2, 0.25) is 0 Å². The van der Waals surface area contributed by atoms with Crippen molar-refractivity contribution in [2.24, 2.45) is 0 Å². The molecule has 5 nitrogen and oxygen atoms in total. The van der Waals surface area contributed by atoms with Gasteiger partial charge in [-0.05, 0) is 49.9 Å². The maximum Gasteiger partial charge on any atom is 0.317 e. The van der Waals surface area contributed by atoms with E-state index < -0.39 is 0 Å². The summed E-state index contributed by atoms with van der Waals surface area (Å²) < 4.78 is 18.6. The third-order valence-corrected chi connectivity index (χ3v) is 4.96. The molecule has 3 rings (SSSR count). The zero-order valence-corrected chi connectivity index (χ0v) is 14.8. The highest BCUT2D eigenvalue weighted by Gasteiger charge is 2.23. The highest BCUT2D eigenvalue weighted by molar-refractivity contribution is 5.74. The highest BCUT2D eigenvalue weighted by atomic mass is 19.1. The Morgan fingerprint density at radius 1 is 1.16 bits per heavy atom. The smallest absolute Gasteiger partial charge is 0.317 e. The topological polar surface area (TPSA) is 44.8 Å². The van der Waals surface area contributed by atoms with E-state index in [0.717, 1.165) is 57.7 Å². The minimum Gasteiger partial charge on any atom is -0.377 e. The van der Waals surface area contributed by atoms with Crippen LogP contribution in [0.25, 0.3) is 0 Å². The van der Waals surface area contributed by atoms with E-state index in [1.807, 2.05) is 4.90 Å². The van der Waals surface area contributed by atoms with E-state index in [4.69, 9.17) is 4.74 Å². The lowest BCUT2D eigenvalue weighted by Crippen LogP contribution is -2.43. The van der Waals surface area contributed by atoms with E-state index >= 15 is 0 Å². The molecule has 2 saturated heterocycles. The lowest BCUT2D eigenvalue weighted by molar-refractivity contribution is 0.0746. The number of carbonyl (C=O) groups is 1. The van der Waals surface area contributed by atoms with Crippen molar-refractivity contribution >= 4 is 6.03 Å². The number of halogens is 1. The molecule has 6 heteroatoms. The molecular formula is C19H28FN3O2. The van der Waals surface area contributed by atoms with Crippen LogP contribution in [0.1, 0.15) is 24.8 Å². The number of rotatable bonds is 5. The zero-order valence-electron chi connectivity index (χ0n) is 14.8. The minimum absolute atomic E-state index is 0.000998. The molecule has 2 amide bonds. The van der Waals surface area contributed by atoms with Gasteiger partial charge in [0, 0.05) is 39.3 Å².